The van der Waals surface area contributed by atoms with Crippen molar-refractivity contribution in [2.24, 2.45) is 0 Å². The Balaban J connectivity index is 2.03. The Bertz CT molecular complexity index is 229. The normalized spacial score (nSPS) is 17.0. The minimum absolute atomic E-state index is 0.184. The van der Waals surface area contributed by atoms with Gasteiger partial charge >= 0.3 is 5.97 Å². The molecule has 0 aromatic rings. The number of nitrogens with zero attached hydrogens (tertiary/aromatic N) is 2. The molecule has 0 atom stereocenters. The van der Waals surface area contributed by atoms with Gasteiger partial charge in [-0.1, -0.05) is 6.42 Å². The summed E-state index contributed by atoms with van der Waals surface area (Å²) in [6.07, 6.45) is 4.52. The predicted octanol–water partition coefficient (Wildman–Crippen LogP) is 1.32. The van der Waals surface area contributed by atoms with E-state index in [1.165, 1.54) is 19.3 Å². The molecule has 0 unspecified atom stereocenters. The van der Waals surface area contributed by atoms with E-state index in [1.54, 1.807) is 0 Å². The molecule has 1 rings (SSSR count). The third-order valence-electron chi connectivity index (χ3n) is 2.56. The number of carbonyl (C=O) groups is 1. The smallest absolute Gasteiger partial charge is 0.307 e. The van der Waals surface area contributed by atoms with E-state index in [2.05, 4.69) is 4.90 Å². The summed E-state index contributed by atoms with van der Waals surface area (Å²) in [4.78, 5) is 13.5. The number of nitriles is 1. The summed E-state index contributed by atoms with van der Waals surface area (Å²) in [7, 11) is 0. The number of piperidine rings is 1. The molecule has 0 bridgehead atoms. The highest BCUT2D eigenvalue weighted by atomic mass is 16.5. The molecule has 1 fully saturated rings. The molecule has 1 aliphatic heterocycles. The maximum Gasteiger partial charge on any atom is 0.307 e. The van der Waals surface area contributed by atoms with Crippen LogP contribution in [0.25, 0.3) is 0 Å². The van der Waals surface area contributed by atoms with E-state index in [4.69, 9.17) is 10.00 Å². The molecule has 1 saturated heterocycles. The van der Waals surface area contributed by atoms with Gasteiger partial charge in [-0.05, 0) is 25.9 Å². The molecule has 0 aliphatic carbocycles. The topological polar surface area (TPSA) is 53.3 Å². The lowest BCUT2D eigenvalue weighted by Crippen LogP contribution is -2.31. The van der Waals surface area contributed by atoms with Crippen molar-refractivity contribution in [2.75, 3.05) is 26.2 Å². The van der Waals surface area contributed by atoms with Crippen molar-refractivity contribution in [3.8, 4) is 6.07 Å². The summed E-state index contributed by atoms with van der Waals surface area (Å²) in [5.41, 5.74) is 0. The first-order valence-electron chi connectivity index (χ1n) is 5.58. The average Bonchev–Trinajstić information content (AvgIpc) is 2.28. The molecule has 84 valence electrons. The van der Waals surface area contributed by atoms with Crippen molar-refractivity contribution in [1.29, 1.82) is 5.26 Å². The van der Waals surface area contributed by atoms with Gasteiger partial charge in [-0.15, -0.1) is 0 Å². The molecule has 15 heavy (non-hydrogen) atoms. The Morgan fingerprint density at radius 1 is 1.33 bits per heavy atom. The lowest BCUT2D eigenvalue weighted by molar-refractivity contribution is -0.143. The van der Waals surface area contributed by atoms with Gasteiger partial charge in [0.05, 0.1) is 18.9 Å². The third kappa shape index (κ3) is 5.38. The highest BCUT2D eigenvalue weighted by Crippen LogP contribution is 2.08. The van der Waals surface area contributed by atoms with E-state index >= 15 is 0 Å². The quantitative estimate of drug-likeness (QED) is 0.507. The Kier molecular flexibility index (Phi) is 5.79. The van der Waals surface area contributed by atoms with Gasteiger partial charge in [0.1, 0.15) is 6.61 Å². The van der Waals surface area contributed by atoms with Crippen LogP contribution in [-0.2, 0) is 9.53 Å². The van der Waals surface area contributed by atoms with E-state index in [0.717, 1.165) is 19.6 Å². The number of likely N-dealkylation sites (tertiary alicyclic amines) is 1. The number of rotatable bonds is 5. The van der Waals surface area contributed by atoms with Gasteiger partial charge in [-0.2, -0.15) is 5.26 Å². The van der Waals surface area contributed by atoms with Crippen molar-refractivity contribution >= 4 is 5.97 Å². The molecule has 0 saturated carbocycles. The molecule has 0 aromatic heterocycles. The minimum Gasteiger partial charge on any atom is -0.465 e. The first kappa shape index (κ1) is 12.0. The maximum absolute atomic E-state index is 11.2. The van der Waals surface area contributed by atoms with Crippen molar-refractivity contribution in [1.82, 2.24) is 4.90 Å². The summed E-state index contributed by atoms with van der Waals surface area (Å²) in [5, 5.41) is 8.26. The van der Waals surface area contributed by atoms with Crippen molar-refractivity contribution in [3.63, 3.8) is 0 Å². The third-order valence-corrected chi connectivity index (χ3v) is 2.56. The molecule has 0 spiro atoms. The van der Waals surface area contributed by atoms with E-state index in [0.29, 0.717) is 6.42 Å². The number of esters is 1. The molecule has 1 heterocycles. The lowest BCUT2D eigenvalue weighted by atomic mass is 10.1. The van der Waals surface area contributed by atoms with Crippen molar-refractivity contribution in [3.05, 3.63) is 0 Å². The monoisotopic (exact) mass is 210 g/mol. The van der Waals surface area contributed by atoms with Crippen LogP contribution in [0.2, 0.25) is 0 Å². The van der Waals surface area contributed by atoms with Crippen LogP contribution in [0, 0.1) is 11.3 Å². The van der Waals surface area contributed by atoms with E-state index < -0.39 is 0 Å². The fraction of sp³-hybridized carbons (Fsp3) is 0.818. The summed E-state index contributed by atoms with van der Waals surface area (Å²) in [6.45, 7) is 3.23. The first-order chi connectivity index (χ1) is 7.33. The van der Waals surface area contributed by atoms with Gasteiger partial charge in [0.15, 0.2) is 0 Å². The standard InChI is InChI=1S/C11H18N2O2/c12-6-4-10-15-11(14)5-9-13-7-2-1-3-8-13/h1-5,7-10H2. The zero-order chi connectivity index (χ0) is 10.9. The first-order valence-corrected chi connectivity index (χ1v) is 5.58. The van der Waals surface area contributed by atoms with E-state index in [-0.39, 0.29) is 19.0 Å². The second-order valence-corrected chi connectivity index (χ2v) is 3.78. The molecule has 4 heteroatoms. The predicted molar refractivity (Wildman–Crippen MR) is 56.1 cm³/mol. The van der Waals surface area contributed by atoms with Gasteiger partial charge in [-0.25, -0.2) is 0 Å². The van der Waals surface area contributed by atoms with Gasteiger partial charge in [0.2, 0.25) is 0 Å². The van der Waals surface area contributed by atoms with Crippen LogP contribution in [0.4, 0.5) is 0 Å². The second kappa shape index (κ2) is 7.24. The summed E-state index contributed by atoms with van der Waals surface area (Å²) in [6, 6.07) is 1.94. The number of hydrogen-bond acceptors (Lipinski definition) is 4. The zero-order valence-electron chi connectivity index (χ0n) is 9.07. The van der Waals surface area contributed by atoms with E-state index in [1.807, 2.05) is 6.07 Å². The number of hydrogen-bond donors (Lipinski definition) is 0. The van der Waals surface area contributed by atoms with Crippen LogP contribution >= 0.6 is 0 Å². The molecule has 4 nitrogen and oxygen atoms in total. The molecule has 0 aromatic carbocycles. The summed E-state index contributed by atoms with van der Waals surface area (Å²) in [5.74, 6) is -0.184. The highest BCUT2D eigenvalue weighted by molar-refractivity contribution is 5.69. The highest BCUT2D eigenvalue weighted by Gasteiger charge is 2.11. The Morgan fingerprint density at radius 2 is 2.07 bits per heavy atom. The largest absolute Gasteiger partial charge is 0.465 e. The average molecular weight is 210 g/mol. The second-order valence-electron chi connectivity index (χ2n) is 3.78. The maximum atomic E-state index is 11.2. The SMILES string of the molecule is N#CCCOC(=O)CCN1CCCCC1. The fourth-order valence-electron chi connectivity index (χ4n) is 1.72. The van der Waals surface area contributed by atoms with Crippen molar-refractivity contribution < 1.29 is 9.53 Å². The molecular formula is C11H18N2O2. The van der Waals surface area contributed by atoms with Crippen molar-refractivity contribution in [2.45, 2.75) is 32.1 Å². The van der Waals surface area contributed by atoms with Gasteiger partial charge in [0, 0.05) is 6.54 Å². The Labute approximate surface area is 90.8 Å². The number of carbonyl (C=O) groups excluding carboxylic acids is 1. The summed E-state index contributed by atoms with van der Waals surface area (Å²) < 4.78 is 4.89. The molecule has 0 N–H and O–H groups in total. The van der Waals surface area contributed by atoms with Gasteiger partial charge < -0.3 is 9.64 Å². The Morgan fingerprint density at radius 3 is 2.73 bits per heavy atom. The van der Waals surface area contributed by atoms with Crippen LogP contribution in [-0.4, -0.2) is 37.1 Å². The summed E-state index contributed by atoms with van der Waals surface area (Å²) >= 11 is 0. The van der Waals surface area contributed by atoms with Gasteiger partial charge in [-0.3, -0.25) is 4.79 Å². The van der Waals surface area contributed by atoms with Crippen LogP contribution in [0.3, 0.4) is 0 Å². The lowest BCUT2D eigenvalue weighted by Gasteiger charge is -2.25. The molecular weight excluding hydrogens is 192 g/mol. The van der Waals surface area contributed by atoms with Gasteiger partial charge in [0.25, 0.3) is 0 Å². The zero-order valence-corrected chi connectivity index (χ0v) is 9.07. The molecule has 0 amide bonds. The Hall–Kier alpha value is -1.08. The number of ether oxygens (including phenoxy) is 1. The molecule has 1 aliphatic rings. The van der Waals surface area contributed by atoms with Crippen LogP contribution in [0.5, 0.6) is 0 Å². The molecule has 0 radical (unpaired) electrons. The fourth-order valence-corrected chi connectivity index (χ4v) is 1.72. The van der Waals surface area contributed by atoms with Crippen LogP contribution in [0.1, 0.15) is 32.1 Å². The van der Waals surface area contributed by atoms with Crippen LogP contribution in [0.15, 0.2) is 0 Å². The van der Waals surface area contributed by atoms with Crippen LogP contribution < -0.4 is 0 Å². The minimum atomic E-state index is -0.184. The van der Waals surface area contributed by atoms with E-state index in [9.17, 15) is 4.79 Å².